The molecule has 0 atom stereocenters. The number of nitrogens with one attached hydrogen (secondary N) is 1. The number of Topliss-reactive ketones (excluding diaryl/α,β-unsaturated/α-hetero) is 1. The van der Waals surface area contributed by atoms with Crippen LogP contribution in [0.5, 0.6) is 0 Å². The molecule has 3 aromatic carbocycles. The van der Waals surface area contributed by atoms with Crippen molar-refractivity contribution in [2.75, 3.05) is 22.8 Å². The van der Waals surface area contributed by atoms with E-state index in [0.717, 1.165) is 5.56 Å². The molecule has 3 aromatic rings. The molecule has 1 heterocycles. The first kappa shape index (κ1) is 23.2. The Kier molecular flexibility index (Phi) is 6.47. The van der Waals surface area contributed by atoms with Crippen LogP contribution in [-0.2, 0) is 26.0 Å². The second-order valence-electron chi connectivity index (χ2n) is 7.71. The van der Waals surface area contributed by atoms with Gasteiger partial charge in [-0.3, -0.25) is 13.9 Å². The van der Waals surface area contributed by atoms with Crippen molar-refractivity contribution in [1.82, 2.24) is 0 Å². The highest BCUT2D eigenvalue weighted by atomic mass is 32.2. The van der Waals surface area contributed by atoms with Crippen LogP contribution in [0.2, 0.25) is 0 Å². The van der Waals surface area contributed by atoms with Gasteiger partial charge >= 0.3 is 5.97 Å². The Morgan fingerprint density at radius 1 is 0.971 bits per heavy atom. The Labute approximate surface area is 197 Å². The number of fused-ring (bicyclic) bond motifs is 1. The van der Waals surface area contributed by atoms with Gasteiger partial charge in [0.2, 0.25) is 0 Å². The predicted octanol–water partition coefficient (Wildman–Crippen LogP) is 3.44. The number of hydrogen-bond donors (Lipinski definition) is 1. The Hall–Kier alpha value is -3.98. The number of carbonyl (C=O) groups excluding carboxylic acids is 3. The third-order valence-electron chi connectivity index (χ3n) is 5.42. The maximum Gasteiger partial charge on any atom is 0.338 e. The number of anilines is 2. The number of ketones is 1. The summed E-state index contributed by atoms with van der Waals surface area (Å²) in [5.74, 6) is -1.68. The molecule has 0 unspecified atom stereocenters. The fourth-order valence-electron chi connectivity index (χ4n) is 3.77. The van der Waals surface area contributed by atoms with Gasteiger partial charge in [-0.25, -0.2) is 13.2 Å². The van der Waals surface area contributed by atoms with Gasteiger partial charge in [-0.05, 0) is 55.3 Å². The second kappa shape index (κ2) is 9.48. The lowest BCUT2D eigenvalue weighted by Crippen LogP contribution is -2.29. The largest absolute Gasteiger partial charge is 0.452 e. The number of benzene rings is 3. The minimum atomic E-state index is -3.88. The van der Waals surface area contributed by atoms with Gasteiger partial charge in [0.25, 0.3) is 15.9 Å². The standard InChI is InChI=1S/C25H22N2O6S/c1-17(28)21-10-3-4-11-22(21)26-24(29)16-33-25(30)19-8-6-9-20(15-19)34(31,32)27-14-13-18-7-2-5-12-23(18)27/h2-12,15H,13-14,16H2,1H3,(H,26,29). The van der Waals surface area contributed by atoms with Crippen molar-refractivity contribution in [3.8, 4) is 0 Å². The molecule has 1 aliphatic rings. The third kappa shape index (κ3) is 4.69. The summed E-state index contributed by atoms with van der Waals surface area (Å²) in [5, 5.41) is 2.54. The molecule has 34 heavy (non-hydrogen) atoms. The summed E-state index contributed by atoms with van der Waals surface area (Å²) in [7, 11) is -3.88. The van der Waals surface area contributed by atoms with Gasteiger partial charge in [-0.1, -0.05) is 36.4 Å². The van der Waals surface area contributed by atoms with Gasteiger partial charge in [-0.2, -0.15) is 0 Å². The van der Waals surface area contributed by atoms with Crippen LogP contribution < -0.4 is 9.62 Å². The van der Waals surface area contributed by atoms with Crippen LogP contribution in [0.1, 0.15) is 33.2 Å². The van der Waals surface area contributed by atoms with Crippen LogP contribution in [0.3, 0.4) is 0 Å². The smallest absolute Gasteiger partial charge is 0.338 e. The lowest BCUT2D eigenvalue weighted by molar-refractivity contribution is -0.119. The van der Waals surface area contributed by atoms with E-state index < -0.39 is 28.5 Å². The van der Waals surface area contributed by atoms with Crippen molar-refractivity contribution in [3.63, 3.8) is 0 Å². The number of carbonyl (C=O) groups is 3. The summed E-state index contributed by atoms with van der Waals surface area (Å²) in [6.45, 7) is 1.10. The molecular weight excluding hydrogens is 456 g/mol. The monoisotopic (exact) mass is 478 g/mol. The quantitative estimate of drug-likeness (QED) is 0.412. The van der Waals surface area contributed by atoms with Crippen molar-refractivity contribution in [2.24, 2.45) is 0 Å². The molecule has 1 N–H and O–H groups in total. The molecule has 1 amide bonds. The van der Waals surface area contributed by atoms with E-state index in [0.29, 0.717) is 29.9 Å². The first-order valence-corrected chi connectivity index (χ1v) is 12.0. The molecular formula is C25H22N2O6S. The van der Waals surface area contributed by atoms with Gasteiger partial charge in [0.1, 0.15) is 0 Å². The number of rotatable bonds is 7. The molecule has 0 saturated carbocycles. The number of sulfonamides is 1. The molecule has 8 nitrogen and oxygen atoms in total. The predicted molar refractivity (Wildman–Crippen MR) is 126 cm³/mol. The highest BCUT2D eigenvalue weighted by Crippen LogP contribution is 2.32. The SMILES string of the molecule is CC(=O)c1ccccc1NC(=O)COC(=O)c1cccc(S(=O)(=O)N2CCc3ccccc32)c1. The van der Waals surface area contributed by atoms with Crippen LogP contribution in [0.25, 0.3) is 0 Å². The summed E-state index contributed by atoms with van der Waals surface area (Å²) in [4.78, 5) is 36.4. The first-order valence-electron chi connectivity index (χ1n) is 10.5. The van der Waals surface area contributed by atoms with E-state index in [1.165, 1.54) is 35.5 Å². The van der Waals surface area contributed by atoms with Crippen LogP contribution in [0.4, 0.5) is 11.4 Å². The van der Waals surface area contributed by atoms with Gasteiger partial charge < -0.3 is 10.1 Å². The van der Waals surface area contributed by atoms with Gasteiger partial charge in [-0.15, -0.1) is 0 Å². The van der Waals surface area contributed by atoms with Gasteiger partial charge in [0.15, 0.2) is 12.4 Å². The maximum absolute atomic E-state index is 13.2. The zero-order valence-corrected chi connectivity index (χ0v) is 19.2. The third-order valence-corrected chi connectivity index (χ3v) is 7.23. The molecule has 174 valence electrons. The average Bonchev–Trinajstić information content (AvgIpc) is 3.28. The first-order chi connectivity index (χ1) is 16.3. The van der Waals surface area contributed by atoms with E-state index in [1.54, 1.807) is 36.4 Å². The van der Waals surface area contributed by atoms with Crippen molar-refractivity contribution < 1.29 is 27.5 Å². The Bertz CT molecular complexity index is 1380. The lowest BCUT2D eigenvalue weighted by Gasteiger charge is -2.19. The summed E-state index contributed by atoms with van der Waals surface area (Å²) in [5.41, 5.74) is 2.22. The fourth-order valence-corrected chi connectivity index (χ4v) is 5.32. The normalized spacial score (nSPS) is 12.7. The number of hydrogen-bond acceptors (Lipinski definition) is 6. The molecule has 9 heteroatoms. The zero-order chi connectivity index (χ0) is 24.3. The molecule has 4 rings (SSSR count). The van der Waals surface area contributed by atoms with E-state index in [1.807, 2.05) is 12.1 Å². The molecule has 0 bridgehead atoms. The van der Waals surface area contributed by atoms with Crippen molar-refractivity contribution >= 4 is 39.1 Å². The van der Waals surface area contributed by atoms with E-state index in [4.69, 9.17) is 4.74 Å². The average molecular weight is 479 g/mol. The summed E-state index contributed by atoms with van der Waals surface area (Å²) >= 11 is 0. The maximum atomic E-state index is 13.2. The topological polar surface area (TPSA) is 110 Å². The lowest BCUT2D eigenvalue weighted by atomic mass is 10.1. The molecule has 1 aliphatic heterocycles. The fraction of sp³-hybridized carbons (Fsp3) is 0.160. The van der Waals surface area contributed by atoms with Crippen LogP contribution in [0, 0.1) is 0 Å². The van der Waals surface area contributed by atoms with Crippen molar-refractivity contribution in [2.45, 2.75) is 18.2 Å². The molecule has 0 fully saturated rings. The number of para-hydroxylation sites is 2. The summed E-state index contributed by atoms with van der Waals surface area (Å²) in [6, 6.07) is 19.3. The van der Waals surface area contributed by atoms with Gasteiger partial charge in [0, 0.05) is 12.1 Å². The number of nitrogens with zero attached hydrogens (tertiary/aromatic N) is 1. The minimum absolute atomic E-state index is 0.00509. The molecule has 0 aliphatic carbocycles. The van der Waals surface area contributed by atoms with Crippen molar-refractivity contribution in [3.05, 3.63) is 89.5 Å². The minimum Gasteiger partial charge on any atom is -0.452 e. The summed E-state index contributed by atoms with van der Waals surface area (Å²) in [6.07, 6.45) is 0.610. The molecule has 0 aromatic heterocycles. The number of ether oxygens (including phenoxy) is 1. The Balaban J connectivity index is 1.45. The molecule has 0 spiro atoms. The van der Waals surface area contributed by atoms with Crippen LogP contribution in [0.15, 0.2) is 77.7 Å². The molecule has 0 saturated heterocycles. The van der Waals surface area contributed by atoms with Gasteiger partial charge in [0.05, 0.1) is 21.8 Å². The molecule has 0 radical (unpaired) electrons. The summed E-state index contributed by atoms with van der Waals surface area (Å²) < 4.78 is 32.8. The number of amides is 1. The van der Waals surface area contributed by atoms with Crippen molar-refractivity contribution in [1.29, 1.82) is 0 Å². The van der Waals surface area contributed by atoms with E-state index in [9.17, 15) is 22.8 Å². The second-order valence-corrected chi connectivity index (χ2v) is 9.57. The number of esters is 1. The van der Waals surface area contributed by atoms with E-state index >= 15 is 0 Å². The highest BCUT2D eigenvalue weighted by molar-refractivity contribution is 7.92. The van der Waals surface area contributed by atoms with Crippen LogP contribution in [-0.4, -0.2) is 39.2 Å². The van der Waals surface area contributed by atoms with E-state index in [2.05, 4.69) is 5.32 Å². The Morgan fingerprint density at radius 3 is 2.50 bits per heavy atom. The van der Waals surface area contributed by atoms with E-state index in [-0.39, 0.29) is 16.2 Å². The Morgan fingerprint density at radius 2 is 1.71 bits per heavy atom. The highest BCUT2D eigenvalue weighted by Gasteiger charge is 2.31. The zero-order valence-electron chi connectivity index (χ0n) is 18.4. The van der Waals surface area contributed by atoms with Crippen LogP contribution >= 0.6 is 0 Å².